The summed E-state index contributed by atoms with van der Waals surface area (Å²) >= 11 is 5.03. The van der Waals surface area contributed by atoms with Gasteiger partial charge in [-0.2, -0.15) is 0 Å². The maximum atomic E-state index is 6.07. The first-order valence-corrected chi connectivity index (χ1v) is 8.32. The third kappa shape index (κ3) is 3.21. The number of nitrogen functional groups attached to an aromatic ring is 1. The van der Waals surface area contributed by atoms with Gasteiger partial charge in [0.15, 0.2) is 0 Å². The van der Waals surface area contributed by atoms with Crippen LogP contribution in [0.5, 0.6) is 0 Å². The van der Waals surface area contributed by atoms with Gasteiger partial charge in [0.25, 0.3) is 0 Å². The average molecular weight is 372 g/mol. The minimum absolute atomic E-state index is 0.687. The minimum Gasteiger partial charge on any atom is -0.397 e. The molecular formula is C17H14BrN3S. The number of anilines is 2. The molecule has 0 aliphatic heterocycles. The summed E-state index contributed by atoms with van der Waals surface area (Å²) in [6.45, 7) is 4.06. The molecular weight excluding hydrogens is 358 g/mol. The molecule has 1 aromatic carbocycles. The van der Waals surface area contributed by atoms with Crippen molar-refractivity contribution in [3.05, 3.63) is 70.8 Å². The van der Waals surface area contributed by atoms with Gasteiger partial charge in [0, 0.05) is 22.3 Å². The Kier molecular flexibility index (Phi) is 4.27. The van der Waals surface area contributed by atoms with Crippen molar-refractivity contribution in [3.63, 3.8) is 0 Å². The number of nitrogens with zero attached hydrogens (tertiary/aromatic N) is 1. The van der Waals surface area contributed by atoms with Crippen molar-refractivity contribution >= 4 is 44.3 Å². The van der Waals surface area contributed by atoms with Gasteiger partial charge in [0.2, 0.25) is 0 Å². The monoisotopic (exact) mass is 371 g/mol. The number of hydrogen-bond acceptors (Lipinski definition) is 4. The highest BCUT2D eigenvalue weighted by Crippen LogP contribution is 2.31. The number of benzene rings is 1. The highest BCUT2D eigenvalue weighted by atomic mass is 79.9. The molecule has 0 atom stereocenters. The van der Waals surface area contributed by atoms with E-state index in [0.29, 0.717) is 5.69 Å². The van der Waals surface area contributed by atoms with Gasteiger partial charge in [-0.15, -0.1) is 11.3 Å². The fraction of sp³-hybridized carbons (Fsp3) is 0. The molecule has 3 N–H and O–H groups in total. The van der Waals surface area contributed by atoms with Crippen molar-refractivity contribution in [1.82, 2.24) is 4.98 Å². The molecule has 0 saturated carbocycles. The Hall–Kier alpha value is -2.11. The van der Waals surface area contributed by atoms with Gasteiger partial charge in [0.05, 0.1) is 11.4 Å². The lowest BCUT2D eigenvalue weighted by Gasteiger charge is -2.13. The predicted molar refractivity (Wildman–Crippen MR) is 98.8 cm³/mol. The van der Waals surface area contributed by atoms with E-state index in [2.05, 4.69) is 44.3 Å². The Morgan fingerprint density at radius 2 is 2.09 bits per heavy atom. The van der Waals surface area contributed by atoms with Crippen LogP contribution in [0.4, 0.5) is 11.4 Å². The van der Waals surface area contributed by atoms with Crippen LogP contribution in [0, 0.1) is 0 Å². The van der Waals surface area contributed by atoms with Crippen LogP contribution in [0.1, 0.15) is 5.56 Å². The lowest BCUT2D eigenvalue weighted by atomic mass is 10.1. The minimum atomic E-state index is 0.687. The van der Waals surface area contributed by atoms with Crippen LogP contribution in [0.3, 0.4) is 0 Å². The molecule has 22 heavy (non-hydrogen) atoms. The van der Waals surface area contributed by atoms with E-state index in [0.717, 1.165) is 27.1 Å². The maximum Gasteiger partial charge on any atom is 0.106 e. The molecule has 0 bridgehead atoms. The van der Waals surface area contributed by atoms with Crippen LogP contribution in [-0.4, -0.2) is 4.98 Å². The molecule has 3 rings (SSSR count). The van der Waals surface area contributed by atoms with Crippen LogP contribution in [0.25, 0.3) is 16.1 Å². The summed E-state index contributed by atoms with van der Waals surface area (Å²) in [6, 6.07) is 13.9. The first kappa shape index (κ1) is 14.8. The van der Waals surface area contributed by atoms with Crippen molar-refractivity contribution in [2.45, 2.75) is 0 Å². The van der Waals surface area contributed by atoms with E-state index in [1.54, 1.807) is 17.5 Å². The first-order valence-electron chi connectivity index (χ1n) is 6.65. The van der Waals surface area contributed by atoms with Crippen LogP contribution >= 0.6 is 27.3 Å². The van der Waals surface area contributed by atoms with Gasteiger partial charge in [-0.3, -0.25) is 0 Å². The van der Waals surface area contributed by atoms with Crippen molar-refractivity contribution in [2.24, 2.45) is 0 Å². The lowest BCUT2D eigenvalue weighted by molar-refractivity contribution is 1.26. The van der Waals surface area contributed by atoms with Crippen LogP contribution < -0.4 is 11.1 Å². The maximum absolute atomic E-state index is 6.07. The van der Waals surface area contributed by atoms with Gasteiger partial charge < -0.3 is 11.1 Å². The molecule has 0 spiro atoms. The van der Waals surface area contributed by atoms with Crippen molar-refractivity contribution in [2.75, 3.05) is 11.1 Å². The second kappa shape index (κ2) is 6.34. The summed E-state index contributed by atoms with van der Waals surface area (Å²) in [5, 5.41) is 5.34. The molecule has 2 heterocycles. The third-order valence-electron chi connectivity index (χ3n) is 3.22. The van der Waals surface area contributed by atoms with Crippen molar-refractivity contribution in [3.8, 4) is 10.4 Å². The van der Waals surface area contributed by atoms with E-state index in [-0.39, 0.29) is 0 Å². The van der Waals surface area contributed by atoms with Gasteiger partial charge in [-0.05, 0) is 57.2 Å². The molecule has 0 aliphatic rings. The normalized spacial score (nSPS) is 10.4. The zero-order valence-corrected chi connectivity index (χ0v) is 14.1. The molecule has 0 aliphatic carbocycles. The molecule has 3 aromatic rings. The molecule has 0 radical (unpaired) electrons. The molecule has 0 fully saturated rings. The summed E-state index contributed by atoms with van der Waals surface area (Å²) in [4.78, 5) is 5.42. The summed E-state index contributed by atoms with van der Waals surface area (Å²) in [7, 11) is 0. The van der Waals surface area contributed by atoms with Crippen LogP contribution in [0.2, 0.25) is 0 Å². The van der Waals surface area contributed by atoms with Crippen molar-refractivity contribution in [1.29, 1.82) is 0 Å². The van der Waals surface area contributed by atoms with E-state index in [1.165, 1.54) is 4.88 Å². The Balaban J connectivity index is 1.87. The summed E-state index contributed by atoms with van der Waals surface area (Å²) in [5.41, 5.74) is 10.4. The number of thiophene rings is 1. The highest BCUT2D eigenvalue weighted by Gasteiger charge is 2.06. The zero-order valence-electron chi connectivity index (χ0n) is 11.7. The third-order valence-corrected chi connectivity index (χ3v) is 4.61. The number of pyridine rings is 1. The van der Waals surface area contributed by atoms with Crippen LogP contribution in [-0.2, 0) is 0 Å². The highest BCUT2D eigenvalue weighted by molar-refractivity contribution is 9.10. The fourth-order valence-corrected chi connectivity index (χ4v) is 3.01. The predicted octanol–water partition coefficient (Wildman–Crippen LogP) is 5.24. The second-order valence-electron chi connectivity index (χ2n) is 4.75. The average Bonchev–Trinajstić information content (AvgIpc) is 3.04. The molecule has 0 saturated heterocycles. The molecule has 0 unspecified atom stereocenters. The Morgan fingerprint density at radius 3 is 2.77 bits per heavy atom. The fourth-order valence-electron chi connectivity index (χ4n) is 2.05. The number of aromatic nitrogens is 1. The smallest absolute Gasteiger partial charge is 0.106 e. The second-order valence-corrected chi connectivity index (χ2v) is 6.51. The van der Waals surface area contributed by atoms with Gasteiger partial charge in [-0.1, -0.05) is 18.7 Å². The van der Waals surface area contributed by atoms with E-state index >= 15 is 0 Å². The molecule has 2 aromatic heterocycles. The summed E-state index contributed by atoms with van der Waals surface area (Å²) in [5.74, 6) is 0. The van der Waals surface area contributed by atoms with Gasteiger partial charge in [0.1, 0.15) is 4.60 Å². The Labute approximate surface area is 141 Å². The Morgan fingerprint density at radius 1 is 1.23 bits per heavy atom. The van der Waals surface area contributed by atoms with E-state index in [1.807, 2.05) is 36.4 Å². The molecule has 110 valence electrons. The quantitative estimate of drug-likeness (QED) is 0.487. The number of halogens is 1. The first-order chi connectivity index (χ1) is 10.6. The molecule has 3 nitrogen and oxygen atoms in total. The topological polar surface area (TPSA) is 50.9 Å². The van der Waals surface area contributed by atoms with E-state index in [4.69, 9.17) is 5.73 Å². The standard InChI is InChI=1S/C17H14BrN3S/c1-11(13-5-7-17(18)20-10-13)21-15-9-12(4-6-14(15)19)16-3-2-8-22-16/h2-10,21H,1,19H2. The van der Waals surface area contributed by atoms with E-state index in [9.17, 15) is 0 Å². The summed E-state index contributed by atoms with van der Waals surface area (Å²) < 4.78 is 0.795. The number of nitrogens with one attached hydrogen (secondary N) is 1. The van der Waals surface area contributed by atoms with Gasteiger partial charge >= 0.3 is 0 Å². The van der Waals surface area contributed by atoms with Crippen molar-refractivity contribution < 1.29 is 0 Å². The SMILES string of the molecule is C=C(Nc1cc(-c2cccs2)ccc1N)c1ccc(Br)nc1. The van der Waals surface area contributed by atoms with Crippen LogP contribution in [0.15, 0.2) is 65.2 Å². The number of hydrogen-bond donors (Lipinski definition) is 2. The number of rotatable bonds is 4. The largest absolute Gasteiger partial charge is 0.397 e. The Bertz CT molecular complexity index is 795. The summed E-state index contributed by atoms with van der Waals surface area (Å²) in [6.07, 6.45) is 1.76. The number of nitrogens with two attached hydrogens (primary N) is 1. The van der Waals surface area contributed by atoms with E-state index < -0.39 is 0 Å². The lowest BCUT2D eigenvalue weighted by Crippen LogP contribution is -2.01. The zero-order chi connectivity index (χ0) is 15.5. The molecule has 5 heteroatoms. The molecule has 0 amide bonds. The van der Waals surface area contributed by atoms with Gasteiger partial charge in [-0.25, -0.2) is 4.98 Å².